The number of allylic oxidation sites excluding steroid dienone is 3. The van der Waals surface area contributed by atoms with Gasteiger partial charge in [-0.25, -0.2) is 0 Å². The Hall–Kier alpha value is -1.22. The highest BCUT2D eigenvalue weighted by Crippen LogP contribution is 2.26. The molecule has 0 atom stereocenters. The molecule has 0 bridgehead atoms. The van der Waals surface area contributed by atoms with E-state index < -0.39 is 0 Å². The Morgan fingerprint density at radius 1 is 1.44 bits per heavy atom. The van der Waals surface area contributed by atoms with Crippen molar-refractivity contribution in [2.24, 2.45) is 5.92 Å². The van der Waals surface area contributed by atoms with Crippen molar-refractivity contribution in [3.05, 3.63) is 36.4 Å². The maximum atomic E-state index is 5.12. The van der Waals surface area contributed by atoms with Gasteiger partial charge in [-0.15, -0.1) is 0 Å². The summed E-state index contributed by atoms with van der Waals surface area (Å²) in [5.74, 6) is 1.20. The Bertz CT molecular complexity index is 314. The van der Waals surface area contributed by atoms with Gasteiger partial charge in [0.15, 0.2) is 5.88 Å². The molecular formula is C15H26N2O. The second kappa shape index (κ2) is 7.98. The summed E-state index contributed by atoms with van der Waals surface area (Å²) in [4.78, 5) is 0. The number of rotatable bonds is 7. The van der Waals surface area contributed by atoms with Crippen LogP contribution in [0.1, 0.15) is 32.6 Å². The zero-order valence-corrected chi connectivity index (χ0v) is 11.7. The van der Waals surface area contributed by atoms with Gasteiger partial charge in [0.05, 0.1) is 7.11 Å². The van der Waals surface area contributed by atoms with Gasteiger partial charge in [-0.3, -0.25) is 0 Å². The summed E-state index contributed by atoms with van der Waals surface area (Å²) in [6, 6.07) is 0. The van der Waals surface area contributed by atoms with Crippen molar-refractivity contribution in [2.75, 3.05) is 20.2 Å². The predicted octanol–water partition coefficient (Wildman–Crippen LogP) is 2.93. The smallest absolute Gasteiger partial charge is 0.183 e. The fourth-order valence-electron chi connectivity index (χ4n) is 2.42. The summed E-state index contributed by atoms with van der Waals surface area (Å²) in [6.45, 7) is 12.2. The van der Waals surface area contributed by atoms with E-state index in [0.717, 1.165) is 25.9 Å². The highest BCUT2D eigenvalue weighted by molar-refractivity contribution is 5.28. The van der Waals surface area contributed by atoms with Crippen molar-refractivity contribution in [3.8, 4) is 0 Å². The Balaban J connectivity index is 2.87. The molecule has 0 unspecified atom stereocenters. The van der Waals surface area contributed by atoms with Crippen molar-refractivity contribution in [3.63, 3.8) is 0 Å². The molecule has 0 aromatic carbocycles. The summed E-state index contributed by atoms with van der Waals surface area (Å²) in [5.41, 5.74) is 2.54. The van der Waals surface area contributed by atoms with Gasteiger partial charge in [0, 0.05) is 5.70 Å². The summed E-state index contributed by atoms with van der Waals surface area (Å²) in [6.07, 6.45) is 6.46. The van der Waals surface area contributed by atoms with Crippen LogP contribution in [0.4, 0.5) is 0 Å². The quantitative estimate of drug-likeness (QED) is 0.538. The lowest BCUT2D eigenvalue weighted by molar-refractivity contribution is 0.269. The van der Waals surface area contributed by atoms with Gasteiger partial charge < -0.3 is 15.4 Å². The van der Waals surface area contributed by atoms with Gasteiger partial charge in [0.25, 0.3) is 0 Å². The second-order valence-corrected chi connectivity index (χ2v) is 4.66. The molecule has 102 valence electrons. The second-order valence-electron chi connectivity index (χ2n) is 4.66. The van der Waals surface area contributed by atoms with Crippen molar-refractivity contribution in [1.29, 1.82) is 0 Å². The SMILES string of the molecule is C=C/C(=C(\CCC)NC(=C)OC)C1CCNCC1. The minimum Gasteiger partial charge on any atom is -0.483 e. The van der Waals surface area contributed by atoms with Crippen molar-refractivity contribution < 1.29 is 4.74 Å². The first-order chi connectivity index (χ1) is 8.72. The average Bonchev–Trinajstić information content (AvgIpc) is 2.41. The summed E-state index contributed by atoms with van der Waals surface area (Å²) < 4.78 is 5.12. The van der Waals surface area contributed by atoms with E-state index in [1.165, 1.54) is 24.1 Å². The van der Waals surface area contributed by atoms with E-state index in [-0.39, 0.29) is 0 Å². The maximum Gasteiger partial charge on any atom is 0.183 e. The maximum absolute atomic E-state index is 5.12. The molecule has 1 saturated heterocycles. The highest BCUT2D eigenvalue weighted by atomic mass is 16.5. The van der Waals surface area contributed by atoms with Crippen LogP contribution in [0, 0.1) is 5.92 Å². The first kappa shape index (κ1) is 14.8. The van der Waals surface area contributed by atoms with Crippen molar-refractivity contribution in [1.82, 2.24) is 10.6 Å². The molecule has 2 N–H and O–H groups in total. The molecule has 1 rings (SSSR count). The molecular weight excluding hydrogens is 224 g/mol. The zero-order chi connectivity index (χ0) is 13.4. The van der Waals surface area contributed by atoms with E-state index >= 15 is 0 Å². The lowest BCUT2D eigenvalue weighted by atomic mass is 9.87. The van der Waals surface area contributed by atoms with Crippen LogP contribution in [-0.4, -0.2) is 20.2 Å². The average molecular weight is 250 g/mol. The number of hydrogen-bond donors (Lipinski definition) is 2. The molecule has 0 saturated carbocycles. The van der Waals surface area contributed by atoms with Gasteiger partial charge in [0.2, 0.25) is 0 Å². The molecule has 1 aliphatic heterocycles. The molecule has 0 radical (unpaired) electrons. The van der Waals surface area contributed by atoms with E-state index in [1.807, 2.05) is 6.08 Å². The van der Waals surface area contributed by atoms with Crippen LogP contribution in [0.2, 0.25) is 0 Å². The number of ether oxygens (including phenoxy) is 1. The van der Waals surface area contributed by atoms with E-state index in [4.69, 9.17) is 4.74 Å². The third-order valence-electron chi connectivity index (χ3n) is 3.38. The standard InChI is InChI=1S/C15H26N2O/c1-5-7-15(17-12(3)18-4)14(6-2)13-8-10-16-11-9-13/h6,13,16-17H,2-3,5,7-11H2,1,4H3/b15-14-. The molecule has 0 spiro atoms. The lowest BCUT2D eigenvalue weighted by Gasteiger charge is -2.26. The first-order valence-electron chi connectivity index (χ1n) is 6.79. The van der Waals surface area contributed by atoms with Gasteiger partial charge >= 0.3 is 0 Å². The Morgan fingerprint density at radius 2 is 2.11 bits per heavy atom. The molecule has 1 heterocycles. The molecule has 3 nitrogen and oxygen atoms in total. The summed E-state index contributed by atoms with van der Waals surface area (Å²) in [7, 11) is 1.64. The fourth-order valence-corrected chi connectivity index (χ4v) is 2.42. The van der Waals surface area contributed by atoms with Crippen molar-refractivity contribution in [2.45, 2.75) is 32.6 Å². The minimum absolute atomic E-state index is 0.599. The van der Waals surface area contributed by atoms with E-state index in [2.05, 4.69) is 30.7 Å². The first-order valence-corrected chi connectivity index (χ1v) is 6.79. The van der Waals surface area contributed by atoms with Crippen LogP contribution < -0.4 is 10.6 Å². The van der Waals surface area contributed by atoms with Crippen LogP contribution in [0.15, 0.2) is 36.4 Å². The normalized spacial score (nSPS) is 17.9. The van der Waals surface area contributed by atoms with Crippen LogP contribution in [0.5, 0.6) is 0 Å². The van der Waals surface area contributed by atoms with Gasteiger partial charge in [-0.2, -0.15) is 0 Å². The molecule has 1 fully saturated rings. The van der Waals surface area contributed by atoms with Crippen LogP contribution in [0.3, 0.4) is 0 Å². The third-order valence-corrected chi connectivity index (χ3v) is 3.38. The van der Waals surface area contributed by atoms with Gasteiger partial charge in [-0.05, 0) is 50.4 Å². The van der Waals surface area contributed by atoms with Crippen LogP contribution >= 0.6 is 0 Å². The number of piperidine rings is 1. The van der Waals surface area contributed by atoms with Crippen LogP contribution in [-0.2, 0) is 4.74 Å². The zero-order valence-electron chi connectivity index (χ0n) is 11.7. The predicted molar refractivity (Wildman–Crippen MR) is 77.0 cm³/mol. The number of methoxy groups -OCH3 is 1. The van der Waals surface area contributed by atoms with E-state index in [9.17, 15) is 0 Å². The van der Waals surface area contributed by atoms with Crippen molar-refractivity contribution >= 4 is 0 Å². The van der Waals surface area contributed by atoms with Crippen LogP contribution in [0.25, 0.3) is 0 Å². The molecule has 0 aromatic heterocycles. The summed E-state index contributed by atoms with van der Waals surface area (Å²) >= 11 is 0. The van der Waals surface area contributed by atoms with Gasteiger partial charge in [-0.1, -0.05) is 26.0 Å². The highest BCUT2D eigenvalue weighted by Gasteiger charge is 2.19. The van der Waals surface area contributed by atoms with Gasteiger partial charge in [0.1, 0.15) is 0 Å². The largest absolute Gasteiger partial charge is 0.483 e. The molecule has 0 aliphatic carbocycles. The Labute approximate surface area is 111 Å². The molecule has 0 amide bonds. The molecule has 3 heteroatoms. The topological polar surface area (TPSA) is 33.3 Å². The minimum atomic E-state index is 0.599. The molecule has 0 aromatic rings. The number of nitrogens with one attached hydrogen (secondary N) is 2. The molecule has 1 aliphatic rings. The lowest BCUT2D eigenvalue weighted by Crippen LogP contribution is -2.30. The fraction of sp³-hybridized carbons (Fsp3) is 0.600. The van der Waals surface area contributed by atoms with E-state index in [0.29, 0.717) is 11.8 Å². The monoisotopic (exact) mass is 250 g/mol. The number of hydrogen-bond acceptors (Lipinski definition) is 3. The third kappa shape index (κ3) is 4.22. The molecule has 18 heavy (non-hydrogen) atoms. The Morgan fingerprint density at radius 3 is 2.61 bits per heavy atom. The Kier molecular flexibility index (Phi) is 6.58. The summed E-state index contributed by atoms with van der Waals surface area (Å²) in [5, 5.41) is 6.68. The van der Waals surface area contributed by atoms with E-state index in [1.54, 1.807) is 7.11 Å².